The normalized spacial score (nSPS) is 18.0. The van der Waals surface area contributed by atoms with Crippen LogP contribution in [-0.4, -0.2) is 25.5 Å². The molecule has 2 heterocycles. The lowest BCUT2D eigenvalue weighted by atomic mass is 10.1. The fourth-order valence-electron chi connectivity index (χ4n) is 2.34. The monoisotopic (exact) mass is 302 g/mol. The third-order valence-electron chi connectivity index (χ3n) is 3.44. The van der Waals surface area contributed by atoms with Crippen molar-refractivity contribution in [3.05, 3.63) is 22.4 Å². The minimum absolute atomic E-state index is 0. The lowest BCUT2D eigenvalue weighted by molar-refractivity contribution is -0.121. The van der Waals surface area contributed by atoms with Gasteiger partial charge in [-0.25, -0.2) is 0 Å². The van der Waals surface area contributed by atoms with Crippen LogP contribution >= 0.6 is 23.7 Å². The maximum atomic E-state index is 11.6. The highest BCUT2D eigenvalue weighted by Gasteiger charge is 2.13. The molecular formula is C14H23ClN2OS. The van der Waals surface area contributed by atoms with Crippen molar-refractivity contribution in [2.24, 2.45) is 5.92 Å². The van der Waals surface area contributed by atoms with E-state index in [1.165, 1.54) is 11.3 Å². The average Bonchev–Trinajstić information content (AvgIpc) is 3.01. The van der Waals surface area contributed by atoms with Crippen molar-refractivity contribution in [1.82, 2.24) is 10.6 Å². The molecule has 0 aliphatic carbocycles. The van der Waals surface area contributed by atoms with Gasteiger partial charge >= 0.3 is 0 Å². The third kappa shape index (κ3) is 6.41. The van der Waals surface area contributed by atoms with Gasteiger partial charge in [-0.2, -0.15) is 0 Å². The Morgan fingerprint density at radius 1 is 1.53 bits per heavy atom. The Morgan fingerprint density at radius 2 is 2.42 bits per heavy atom. The van der Waals surface area contributed by atoms with Crippen LogP contribution in [0.5, 0.6) is 0 Å². The lowest BCUT2D eigenvalue weighted by Crippen LogP contribution is -2.26. The smallest absolute Gasteiger partial charge is 0.220 e. The molecule has 1 saturated heterocycles. The largest absolute Gasteiger partial charge is 0.356 e. The van der Waals surface area contributed by atoms with Crippen molar-refractivity contribution >= 4 is 29.7 Å². The van der Waals surface area contributed by atoms with Crippen LogP contribution < -0.4 is 10.6 Å². The summed E-state index contributed by atoms with van der Waals surface area (Å²) in [6.07, 6.45) is 5.01. The minimum atomic E-state index is 0. The van der Waals surface area contributed by atoms with Gasteiger partial charge in [0.15, 0.2) is 0 Å². The van der Waals surface area contributed by atoms with Crippen LogP contribution in [0.1, 0.15) is 30.6 Å². The van der Waals surface area contributed by atoms with E-state index in [4.69, 9.17) is 0 Å². The fraction of sp³-hybridized carbons (Fsp3) is 0.643. The maximum Gasteiger partial charge on any atom is 0.220 e. The minimum Gasteiger partial charge on any atom is -0.356 e. The van der Waals surface area contributed by atoms with Gasteiger partial charge in [0.1, 0.15) is 0 Å². The van der Waals surface area contributed by atoms with Crippen molar-refractivity contribution in [3.8, 4) is 0 Å². The number of carbonyl (C=O) groups excluding carboxylic acids is 1. The number of aryl methyl sites for hydroxylation is 1. The van der Waals surface area contributed by atoms with E-state index in [0.29, 0.717) is 6.42 Å². The summed E-state index contributed by atoms with van der Waals surface area (Å²) in [5, 5.41) is 8.46. The van der Waals surface area contributed by atoms with Gasteiger partial charge in [-0.15, -0.1) is 23.7 Å². The Balaban J connectivity index is 0.00000180. The molecular weight excluding hydrogens is 280 g/mol. The van der Waals surface area contributed by atoms with Gasteiger partial charge in [0.25, 0.3) is 0 Å². The van der Waals surface area contributed by atoms with Crippen molar-refractivity contribution < 1.29 is 4.79 Å². The highest BCUT2D eigenvalue weighted by Crippen LogP contribution is 2.12. The first-order valence-electron chi connectivity index (χ1n) is 6.84. The maximum absolute atomic E-state index is 11.6. The number of hydrogen-bond acceptors (Lipinski definition) is 3. The second-order valence-electron chi connectivity index (χ2n) is 4.93. The summed E-state index contributed by atoms with van der Waals surface area (Å²) in [5.74, 6) is 0.967. The van der Waals surface area contributed by atoms with E-state index in [2.05, 4.69) is 28.1 Å². The third-order valence-corrected chi connectivity index (χ3v) is 4.38. The van der Waals surface area contributed by atoms with Crippen LogP contribution in [0.4, 0.5) is 0 Å². The number of nitrogens with one attached hydrogen (secondary N) is 2. The molecule has 1 fully saturated rings. The lowest BCUT2D eigenvalue weighted by Gasteiger charge is -2.09. The van der Waals surface area contributed by atoms with Gasteiger partial charge in [0.2, 0.25) is 5.91 Å². The average molecular weight is 303 g/mol. The molecule has 0 aromatic carbocycles. The first-order valence-corrected chi connectivity index (χ1v) is 7.72. The molecule has 1 aromatic rings. The molecule has 1 atom stereocenters. The summed E-state index contributed by atoms with van der Waals surface area (Å²) in [7, 11) is 0. The first-order chi connectivity index (χ1) is 8.84. The molecule has 2 N–H and O–H groups in total. The standard InChI is InChI=1S/C14H22N2OS.ClH/c17-14(5-1-3-13-4-2-10-18-13)16-9-7-12-6-8-15-11-12;/h2,4,10,12,15H,1,3,5-9,11H2,(H,16,17);1H. The first kappa shape index (κ1) is 16.5. The summed E-state index contributed by atoms with van der Waals surface area (Å²) in [6.45, 7) is 3.10. The van der Waals surface area contributed by atoms with E-state index in [0.717, 1.165) is 44.8 Å². The number of carbonyl (C=O) groups is 1. The second kappa shape index (κ2) is 9.34. The summed E-state index contributed by atoms with van der Waals surface area (Å²) < 4.78 is 0. The van der Waals surface area contributed by atoms with Crippen LogP contribution in [-0.2, 0) is 11.2 Å². The molecule has 1 aliphatic rings. The van der Waals surface area contributed by atoms with Crippen LogP contribution in [0.15, 0.2) is 17.5 Å². The van der Waals surface area contributed by atoms with Gasteiger partial charge in [-0.05, 0) is 56.1 Å². The molecule has 19 heavy (non-hydrogen) atoms. The van der Waals surface area contributed by atoms with Gasteiger partial charge in [0.05, 0.1) is 0 Å². The number of rotatable bonds is 7. The Morgan fingerprint density at radius 3 is 3.11 bits per heavy atom. The van der Waals surface area contributed by atoms with Gasteiger partial charge < -0.3 is 10.6 Å². The molecule has 5 heteroatoms. The Kier molecular flexibility index (Phi) is 8.10. The molecule has 1 unspecified atom stereocenters. The van der Waals surface area contributed by atoms with Crippen LogP contribution in [0.2, 0.25) is 0 Å². The van der Waals surface area contributed by atoms with Gasteiger partial charge in [-0.1, -0.05) is 6.07 Å². The van der Waals surface area contributed by atoms with E-state index in [1.54, 1.807) is 11.3 Å². The highest BCUT2D eigenvalue weighted by atomic mass is 35.5. The van der Waals surface area contributed by atoms with E-state index in [1.807, 2.05) is 0 Å². The molecule has 0 saturated carbocycles. The molecule has 3 nitrogen and oxygen atoms in total. The number of hydrogen-bond donors (Lipinski definition) is 2. The van der Waals surface area contributed by atoms with Crippen LogP contribution in [0, 0.1) is 5.92 Å². The molecule has 1 aromatic heterocycles. The molecule has 0 radical (unpaired) electrons. The SMILES string of the molecule is Cl.O=C(CCCc1cccs1)NCCC1CCNC1. The number of halogens is 1. The molecule has 0 bridgehead atoms. The van der Waals surface area contributed by atoms with Gasteiger partial charge in [0, 0.05) is 17.8 Å². The Labute approximate surface area is 125 Å². The van der Waals surface area contributed by atoms with Gasteiger partial charge in [-0.3, -0.25) is 4.79 Å². The molecule has 108 valence electrons. The Bertz CT molecular complexity index is 350. The predicted octanol–water partition coefficient (Wildman–Crippen LogP) is 2.61. The predicted molar refractivity (Wildman–Crippen MR) is 83.1 cm³/mol. The highest BCUT2D eigenvalue weighted by molar-refractivity contribution is 7.09. The van der Waals surface area contributed by atoms with Crippen LogP contribution in [0.3, 0.4) is 0 Å². The summed E-state index contributed by atoms with van der Waals surface area (Å²) >= 11 is 1.77. The zero-order chi connectivity index (χ0) is 12.6. The molecule has 1 aliphatic heterocycles. The van der Waals surface area contributed by atoms with Crippen molar-refractivity contribution in [2.45, 2.75) is 32.1 Å². The molecule has 2 rings (SSSR count). The van der Waals surface area contributed by atoms with E-state index < -0.39 is 0 Å². The topological polar surface area (TPSA) is 41.1 Å². The zero-order valence-corrected chi connectivity index (χ0v) is 12.8. The number of thiophene rings is 1. The summed E-state index contributed by atoms with van der Waals surface area (Å²) in [6, 6.07) is 4.20. The van der Waals surface area contributed by atoms with Crippen molar-refractivity contribution in [1.29, 1.82) is 0 Å². The Hall–Kier alpha value is -0.580. The van der Waals surface area contributed by atoms with Crippen molar-refractivity contribution in [2.75, 3.05) is 19.6 Å². The summed E-state index contributed by atoms with van der Waals surface area (Å²) in [4.78, 5) is 13.0. The quantitative estimate of drug-likeness (QED) is 0.813. The second-order valence-corrected chi connectivity index (χ2v) is 5.96. The van der Waals surface area contributed by atoms with E-state index >= 15 is 0 Å². The van der Waals surface area contributed by atoms with Crippen LogP contribution in [0.25, 0.3) is 0 Å². The molecule has 0 spiro atoms. The van der Waals surface area contributed by atoms with Crippen molar-refractivity contribution in [3.63, 3.8) is 0 Å². The fourth-order valence-corrected chi connectivity index (χ4v) is 3.09. The summed E-state index contributed by atoms with van der Waals surface area (Å²) in [5.41, 5.74) is 0. The zero-order valence-electron chi connectivity index (χ0n) is 11.2. The van der Waals surface area contributed by atoms with E-state index in [9.17, 15) is 4.79 Å². The molecule has 1 amide bonds. The number of amides is 1. The van der Waals surface area contributed by atoms with E-state index in [-0.39, 0.29) is 18.3 Å².